The Labute approximate surface area is 143 Å². The van der Waals surface area contributed by atoms with Crippen molar-refractivity contribution in [2.24, 2.45) is 0 Å². The topological polar surface area (TPSA) is 46.6 Å². The lowest BCUT2D eigenvalue weighted by molar-refractivity contribution is 0.0321. The van der Waals surface area contributed by atoms with E-state index in [1.807, 2.05) is 49.4 Å². The van der Waals surface area contributed by atoms with Gasteiger partial charge in [-0.2, -0.15) is 4.31 Å². The van der Waals surface area contributed by atoms with Crippen LogP contribution in [0, 0.1) is 6.92 Å². The molecular formula is C19H21NO3S. The van der Waals surface area contributed by atoms with Crippen LogP contribution in [0.3, 0.4) is 0 Å². The first-order chi connectivity index (χ1) is 11.6. The number of hydrogen-bond acceptors (Lipinski definition) is 3. The van der Waals surface area contributed by atoms with Gasteiger partial charge < -0.3 is 4.74 Å². The highest BCUT2D eigenvalue weighted by atomic mass is 32.2. The van der Waals surface area contributed by atoms with Gasteiger partial charge in [0.15, 0.2) is 0 Å². The third-order valence-electron chi connectivity index (χ3n) is 5.08. The highest BCUT2D eigenvalue weighted by Crippen LogP contribution is 2.41. The Morgan fingerprint density at radius 2 is 1.88 bits per heavy atom. The van der Waals surface area contributed by atoms with Crippen LogP contribution in [-0.2, 0) is 27.7 Å². The predicted octanol–water partition coefficient (Wildman–Crippen LogP) is 2.82. The number of fused-ring (bicyclic) bond motifs is 3. The van der Waals surface area contributed by atoms with Gasteiger partial charge in [-0.1, -0.05) is 48.5 Å². The fourth-order valence-corrected chi connectivity index (χ4v) is 5.25. The van der Waals surface area contributed by atoms with E-state index in [1.54, 1.807) is 4.31 Å². The first kappa shape index (κ1) is 15.8. The number of rotatable bonds is 2. The first-order valence-corrected chi connectivity index (χ1v) is 9.90. The van der Waals surface area contributed by atoms with Gasteiger partial charge in [0.1, 0.15) is 0 Å². The molecule has 0 unspecified atom stereocenters. The van der Waals surface area contributed by atoms with Crippen LogP contribution in [-0.4, -0.2) is 31.2 Å². The molecule has 2 aromatic carbocycles. The molecule has 1 heterocycles. The molecule has 1 saturated heterocycles. The van der Waals surface area contributed by atoms with Crippen LogP contribution in [0.25, 0.3) is 0 Å². The van der Waals surface area contributed by atoms with Crippen molar-refractivity contribution in [1.82, 2.24) is 4.31 Å². The molecule has 0 saturated carbocycles. The smallest absolute Gasteiger partial charge is 0.217 e. The minimum Gasteiger partial charge on any atom is -0.375 e. The Kier molecular flexibility index (Phi) is 3.95. The molecule has 24 heavy (non-hydrogen) atoms. The number of sulfonamides is 1. The van der Waals surface area contributed by atoms with E-state index in [2.05, 4.69) is 6.07 Å². The molecular weight excluding hydrogens is 322 g/mol. The Hall–Kier alpha value is -1.69. The van der Waals surface area contributed by atoms with Gasteiger partial charge in [0.2, 0.25) is 10.0 Å². The maximum atomic E-state index is 12.9. The summed E-state index contributed by atoms with van der Waals surface area (Å²) in [5, 5.41) is 0. The molecule has 2 atom stereocenters. The lowest BCUT2D eigenvalue weighted by Crippen LogP contribution is -2.37. The Bertz CT molecular complexity index is 862. The van der Waals surface area contributed by atoms with Crippen molar-refractivity contribution in [3.8, 4) is 0 Å². The second-order valence-electron chi connectivity index (χ2n) is 6.54. The van der Waals surface area contributed by atoms with E-state index in [-0.39, 0.29) is 24.5 Å². The maximum absolute atomic E-state index is 12.9. The van der Waals surface area contributed by atoms with E-state index >= 15 is 0 Å². The molecule has 2 aromatic rings. The Morgan fingerprint density at radius 1 is 1.12 bits per heavy atom. The van der Waals surface area contributed by atoms with Crippen LogP contribution in [0.4, 0.5) is 0 Å². The first-order valence-electron chi connectivity index (χ1n) is 8.30. The third kappa shape index (κ3) is 2.66. The van der Waals surface area contributed by atoms with Crippen molar-refractivity contribution in [1.29, 1.82) is 0 Å². The zero-order valence-corrected chi connectivity index (χ0v) is 14.5. The van der Waals surface area contributed by atoms with Gasteiger partial charge in [0.05, 0.1) is 24.5 Å². The van der Waals surface area contributed by atoms with Gasteiger partial charge in [-0.05, 0) is 29.2 Å². The van der Waals surface area contributed by atoms with Crippen molar-refractivity contribution in [2.45, 2.75) is 32.0 Å². The summed E-state index contributed by atoms with van der Waals surface area (Å²) in [7, 11) is -3.36. The van der Waals surface area contributed by atoms with Crippen molar-refractivity contribution in [2.75, 3.05) is 12.4 Å². The van der Waals surface area contributed by atoms with E-state index in [0.717, 1.165) is 23.1 Å². The number of hydrogen-bond donors (Lipinski definition) is 0. The molecule has 0 aromatic heterocycles. The predicted molar refractivity (Wildman–Crippen MR) is 93.1 cm³/mol. The van der Waals surface area contributed by atoms with Crippen LogP contribution in [0.1, 0.15) is 28.3 Å². The highest BCUT2D eigenvalue weighted by molar-refractivity contribution is 7.89. The summed E-state index contributed by atoms with van der Waals surface area (Å²) in [6, 6.07) is 15.8. The average molecular weight is 343 g/mol. The van der Waals surface area contributed by atoms with Crippen molar-refractivity contribution in [3.63, 3.8) is 0 Å². The number of benzene rings is 2. The molecule has 5 heteroatoms. The molecule has 0 radical (unpaired) electrons. The highest BCUT2D eigenvalue weighted by Gasteiger charge is 2.44. The lowest BCUT2D eigenvalue weighted by atomic mass is 10.1. The van der Waals surface area contributed by atoms with Gasteiger partial charge in [-0.25, -0.2) is 8.42 Å². The molecule has 0 spiro atoms. The van der Waals surface area contributed by atoms with Crippen LogP contribution in [0.5, 0.6) is 0 Å². The van der Waals surface area contributed by atoms with Crippen LogP contribution >= 0.6 is 0 Å². The molecule has 0 bridgehead atoms. The summed E-state index contributed by atoms with van der Waals surface area (Å²) in [5.74, 6) is 0.0497. The van der Waals surface area contributed by atoms with E-state index in [1.165, 1.54) is 5.56 Å². The number of ether oxygens (including phenoxy) is 1. The van der Waals surface area contributed by atoms with E-state index in [9.17, 15) is 8.42 Å². The fourth-order valence-electron chi connectivity index (χ4n) is 3.78. The second kappa shape index (κ2) is 5.99. The van der Waals surface area contributed by atoms with Crippen molar-refractivity contribution < 1.29 is 13.2 Å². The standard InChI is InChI=1S/C19H21NO3S/c1-14-6-2-3-8-16(14)13-20-19-17-9-5-4-7-15(17)12-18(19)23-10-11-24(20,21)22/h2-9,18-19H,10-13H2,1H3/t18-,19+/m0/s1. The van der Waals surface area contributed by atoms with Gasteiger partial charge in [-0.3, -0.25) is 0 Å². The largest absolute Gasteiger partial charge is 0.375 e. The zero-order valence-electron chi connectivity index (χ0n) is 13.7. The summed E-state index contributed by atoms with van der Waals surface area (Å²) in [6.45, 7) is 2.69. The van der Waals surface area contributed by atoms with Crippen molar-refractivity contribution in [3.05, 3.63) is 70.8 Å². The molecule has 1 aliphatic carbocycles. The maximum Gasteiger partial charge on any atom is 0.217 e. The Balaban J connectivity index is 1.79. The SMILES string of the molecule is Cc1ccccc1CN1[C@@H]2c3ccccc3C[C@@H]2OCCS1(=O)=O. The average Bonchev–Trinajstić information content (AvgIpc) is 2.86. The normalized spacial score (nSPS) is 25.7. The van der Waals surface area contributed by atoms with Gasteiger partial charge in [0.25, 0.3) is 0 Å². The molecule has 1 fully saturated rings. The molecule has 4 rings (SSSR count). The molecule has 126 valence electrons. The van der Waals surface area contributed by atoms with Crippen LogP contribution in [0.15, 0.2) is 48.5 Å². The van der Waals surface area contributed by atoms with E-state index in [0.29, 0.717) is 6.54 Å². The van der Waals surface area contributed by atoms with Gasteiger partial charge in [-0.15, -0.1) is 0 Å². The van der Waals surface area contributed by atoms with Crippen LogP contribution < -0.4 is 0 Å². The third-order valence-corrected chi connectivity index (χ3v) is 6.83. The number of aryl methyl sites for hydroxylation is 1. The minimum absolute atomic E-state index is 0.0497. The van der Waals surface area contributed by atoms with Gasteiger partial charge >= 0.3 is 0 Å². The summed E-state index contributed by atoms with van der Waals surface area (Å²) in [4.78, 5) is 0. The molecule has 2 aliphatic rings. The molecule has 1 aliphatic heterocycles. The Morgan fingerprint density at radius 3 is 2.71 bits per heavy atom. The van der Waals surface area contributed by atoms with E-state index < -0.39 is 10.0 Å². The summed E-state index contributed by atoms with van der Waals surface area (Å²) in [5.41, 5.74) is 4.44. The zero-order chi connectivity index (χ0) is 16.7. The summed E-state index contributed by atoms with van der Waals surface area (Å²) < 4.78 is 33.4. The molecule has 0 N–H and O–H groups in total. The van der Waals surface area contributed by atoms with Gasteiger partial charge in [0, 0.05) is 13.0 Å². The lowest BCUT2D eigenvalue weighted by Gasteiger charge is -2.30. The fraction of sp³-hybridized carbons (Fsp3) is 0.368. The number of nitrogens with zero attached hydrogens (tertiary/aromatic N) is 1. The summed E-state index contributed by atoms with van der Waals surface area (Å²) >= 11 is 0. The van der Waals surface area contributed by atoms with Crippen LogP contribution in [0.2, 0.25) is 0 Å². The molecule has 0 amide bonds. The monoisotopic (exact) mass is 343 g/mol. The van der Waals surface area contributed by atoms with Crippen molar-refractivity contribution >= 4 is 10.0 Å². The second-order valence-corrected chi connectivity index (χ2v) is 8.59. The quantitative estimate of drug-likeness (QED) is 0.842. The minimum atomic E-state index is -3.36. The summed E-state index contributed by atoms with van der Waals surface area (Å²) in [6.07, 6.45) is 0.685. The molecule has 4 nitrogen and oxygen atoms in total. The van der Waals surface area contributed by atoms with E-state index in [4.69, 9.17) is 4.74 Å².